The van der Waals surface area contributed by atoms with E-state index in [4.69, 9.17) is 13.9 Å². The van der Waals surface area contributed by atoms with Gasteiger partial charge < -0.3 is 19.2 Å². The molecule has 0 aliphatic heterocycles. The molecule has 3 rings (SSSR count). The fourth-order valence-electron chi connectivity index (χ4n) is 2.13. The standard InChI is InChI=1S/C18H16FN3O4/c1-24-14-5-7-15(8-6-14)25-10-9-20-16(23)18-22-21-17(26-18)12-3-2-4-13(19)11-12/h2-8,11H,9-10H2,1H3,(H,20,23). The molecule has 0 saturated carbocycles. The third kappa shape index (κ3) is 4.35. The molecule has 1 heterocycles. The Bertz CT molecular complexity index is 880. The Morgan fingerprint density at radius 1 is 1.15 bits per heavy atom. The van der Waals surface area contributed by atoms with E-state index in [-0.39, 0.29) is 24.9 Å². The highest BCUT2D eigenvalue weighted by Crippen LogP contribution is 2.18. The molecule has 2 aromatic carbocycles. The van der Waals surface area contributed by atoms with Crippen LogP contribution in [0.1, 0.15) is 10.7 Å². The third-order valence-electron chi connectivity index (χ3n) is 3.41. The van der Waals surface area contributed by atoms with E-state index < -0.39 is 11.7 Å². The van der Waals surface area contributed by atoms with Gasteiger partial charge in [-0.15, -0.1) is 10.2 Å². The van der Waals surface area contributed by atoms with Crippen molar-refractivity contribution < 1.29 is 23.1 Å². The number of nitrogens with one attached hydrogen (secondary N) is 1. The highest BCUT2D eigenvalue weighted by Gasteiger charge is 2.15. The number of methoxy groups -OCH3 is 1. The minimum atomic E-state index is -0.529. The summed E-state index contributed by atoms with van der Waals surface area (Å²) in [6.07, 6.45) is 0. The van der Waals surface area contributed by atoms with Crippen molar-refractivity contribution in [1.82, 2.24) is 15.5 Å². The lowest BCUT2D eigenvalue weighted by atomic mass is 10.2. The molecule has 0 fully saturated rings. The van der Waals surface area contributed by atoms with Crippen molar-refractivity contribution in [3.05, 3.63) is 60.2 Å². The van der Waals surface area contributed by atoms with Crippen LogP contribution in [-0.2, 0) is 0 Å². The molecule has 0 saturated heterocycles. The fourth-order valence-corrected chi connectivity index (χ4v) is 2.13. The first kappa shape index (κ1) is 17.4. The van der Waals surface area contributed by atoms with Gasteiger partial charge in [-0.25, -0.2) is 4.39 Å². The molecule has 0 aliphatic rings. The predicted octanol–water partition coefficient (Wildman–Crippen LogP) is 2.69. The Hall–Kier alpha value is -3.42. The molecular formula is C18H16FN3O4. The van der Waals surface area contributed by atoms with Gasteiger partial charge in [0, 0.05) is 5.56 Å². The van der Waals surface area contributed by atoms with E-state index >= 15 is 0 Å². The monoisotopic (exact) mass is 357 g/mol. The van der Waals surface area contributed by atoms with Crippen molar-refractivity contribution in [3.8, 4) is 23.0 Å². The molecule has 134 valence electrons. The minimum Gasteiger partial charge on any atom is -0.497 e. The quantitative estimate of drug-likeness (QED) is 0.654. The molecule has 1 N–H and O–H groups in total. The second kappa shape index (κ2) is 8.11. The zero-order valence-electron chi connectivity index (χ0n) is 13.9. The van der Waals surface area contributed by atoms with Crippen molar-refractivity contribution in [2.24, 2.45) is 0 Å². The first-order valence-corrected chi connectivity index (χ1v) is 7.80. The average molecular weight is 357 g/mol. The van der Waals surface area contributed by atoms with Gasteiger partial charge in [-0.1, -0.05) is 6.07 Å². The molecule has 8 heteroatoms. The summed E-state index contributed by atoms with van der Waals surface area (Å²) in [6.45, 7) is 0.519. The van der Waals surface area contributed by atoms with Crippen LogP contribution in [0.4, 0.5) is 4.39 Å². The van der Waals surface area contributed by atoms with E-state index in [2.05, 4.69) is 15.5 Å². The van der Waals surface area contributed by atoms with Crippen LogP contribution in [0.15, 0.2) is 52.9 Å². The highest BCUT2D eigenvalue weighted by atomic mass is 19.1. The van der Waals surface area contributed by atoms with Crippen LogP contribution in [0.3, 0.4) is 0 Å². The van der Waals surface area contributed by atoms with Gasteiger partial charge >= 0.3 is 11.8 Å². The van der Waals surface area contributed by atoms with Gasteiger partial charge in [-0.05, 0) is 42.5 Å². The zero-order valence-corrected chi connectivity index (χ0v) is 13.9. The van der Waals surface area contributed by atoms with E-state index in [9.17, 15) is 9.18 Å². The van der Waals surface area contributed by atoms with Crippen LogP contribution in [0.5, 0.6) is 11.5 Å². The number of ether oxygens (including phenoxy) is 2. The van der Waals surface area contributed by atoms with Gasteiger partial charge in [-0.2, -0.15) is 0 Å². The van der Waals surface area contributed by atoms with Crippen LogP contribution in [0.25, 0.3) is 11.5 Å². The predicted molar refractivity (Wildman–Crippen MR) is 90.5 cm³/mol. The summed E-state index contributed by atoms with van der Waals surface area (Å²) in [7, 11) is 1.59. The number of carbonyl (C=O) groups excluding carboxylic acids is 1. The van der Waals surface area contributed by atoms with Gasteiger partial charge in [0.15, 0.2) is 0 Å². The second-order valence-electron chi connectivity index (χ2n) is 5.20. The summed E-state index contributed by atoms with van der Waals surface area (Å²) in [5.74, 6) is 0.307. The van der Waals surface area contributed by atoms with Crippen molar-refractivity contribution in [2.45, 2.75) is 0 Å². The smallest absolute Gasteiger partial charge is 0.308 e. The maximum absolute atomic E-state index is 13.2. The van der Waals surface area contributed by atoms with Crippen LogP contribution >= 0.6 is 0 Å². The number of amides is 1. The van der Waals surface area contributed by atoms with Crippen molar-refractivity contribution in [1.29, 1.82) is 0 Å². The van der Waals surface area contributed by atoms with Gasteiger partial charge in [0.05, 0.1) is 13.7 Å². The molecule has 0 spiro atoms. The van der Waals surface area contributed by atoms with Gasteiger partial charge in [0.25, 0.3) is 0 Å². The van der Waals surface area contributed by atoms with Crippen LogP contribution in [0, 0.1) is 5.82 Å². The Kier molecular flexibility index (Phi) is 5.43. The third-order valence-corrected chi connectivity index (χ3v) is 3.41. The number of carbonyl (C=O) groups is 1. The molecule has 0 radical (unpaired) electrons. The lowest BCUT2D eigenvalue weighted by Gasteiger charge is -2.07. The Labute approximate surface area is 148 Å². The molecule has 7 nitrogen and oxygen atoms in total. The fraction of sp³-hybridized carbons (Fsp3) is 0.167. The molecule has 26 heavy (non-hydrogen) atoms. The number of nitrogens with zero attached hydrogens (tertiary/aromatic N) is 2. The molecule has 0 aliphatic carbocycles. The molecule has 0 atom stereocenters. The lowest BCUT2D eigenvalue weighted by Crippen LogP contribution is -2.28. The number of halogens is 1. The number of hydrogen-bond acceptors (Lipinski definition) is 6. The number of hydrogen-bond donors (Lipinski definition) is 1. The molecule has 1 amide bonds. The summed E-state index contributed by atoms with van der Waals surface area (Å²) < 4.78 is 29.0. The van der Waals surface area contributed by atoms with Gasteiger partial charge in [0.2, 0.25) is 5.89 Å². The largest absolute Gasteiger partial charge is 0.497 e. The molecule has 0 bridgehead atoms. The summed E-state index contributed by atoms with van der Waals surface area (Å²) in [5, 5.41) is 10.0. The Morgan fingerprint density at radius 2 is 1.92 bits per heavy atom. The van der Waals surface area contributed by atoms with Crippen LogP contribution < -0.4 is 14.8 Å². The first-order valence-electron chi connectivity index (χ1n) is 7.80. The van der Waals surface area contributed by atoms with Crippen molar-refractivity contribution >= 4 is 5.91 Å². The van der Waals surface area contributed by atoms with Crippen molar-refractivity contribution in [2.75, 3.05) is 20.3 Å². The molecule has 3 aromatic rings. The SMILES string of the molecule is COc1ccc(OCCNC(=O)c2nnc(-c3cccc(F)c3)o2)cc1. The highest BCUT2D eigenvalue weighted by molar-refractivity contribution is 5.89. The van der Waals surface area contributed by atoms with Gasteiger partial charge in [0.1, 0.15) is 23.9 Å². The maximum Gasteiger partial charge on any atom is 0.308 e. The average Bonchev–Trinajstić information content (AvgIpc) is 3.16. The number of aromatic nitrogens is 2. The lowest BCUT2D eigenvalue weighted by molar-refractivity contribution is 0.0913. The van der Waals surface area contributed by atoms with E-state index in [1.54, 1.807) is 37.4 Å². The summed E-state index contributed by atoms with van der Waals surface area (Å²) in [6, 6.07) is 12.8. The van der Waals surface area contributed by atoms with Crippen LogP contribution in [0.2, 0.25) is 0 Å². The van der Waals surface area contributed by atoms with Crippen molar-refractivity contribution in [3.63, 3.8) is 0 Å². The Balaban J connectivity index is 1.49. The molecule has 1 aromatic heterocycles. The van der Waals surface area contributed by atoms with E-state index in [0.717, 1.165) is 5.75 Å². The second-order valence-corrected chi connectivity index (χ2v) is 5.20. The number of benzene rings is 2. The van der Waals surface area contributed by atoms with Crippen LogP contribution in [-0.4, -0.2) is 36.4 Å². The summed E-state index contributed by atoms with van der Waals surface area (Å²) in [5.41, 5.74) is 0.402. The Morgan fingerprint density at radius 3 is 2.65 bits per heavy atom. The molecule has 0 unspecified atom stereocenters. The number of rotatable bonds is 7. The normalized spacial score (nSPS) is 10.4. The zero-order chi connectivity index (χ0) is 18.4. The van der Waals surface area contributed by atoms with Gasteiger partial charge in [-0.3, -0.25) is 4.79 Å². The van der Waals surface area contributed by atoms with E-state index in [1.807, 2.05) is 0 Å². The topological polar surface area (TPSA) is 86.5 Å². The maximum atomic E-state index is 13.2. The van der Waals surface area contributed by atoms with E-state index in [0.29, 0.717) is 11.3 Å². The van der Waals surface area contributed by atoms with E-state index in [1.165, 1.54) is 18.2 Å². The minimum absolute atomic E-state index is 0.0733. The molecular weight excluding hydrogens is 341 g/mol. The summed E-state index contributed by atoms with van der Waals surface area (Å²) >= 11 is 0. The first-order chi connectivity index (χ1) is 12.7. The summed E-state index contributed by atoms with van der Waals surface area (Å²) in [4.78, 5) is 12.0.